The van der Waals surface area contributed by atoms with Crippen LogP contribution in [0.3, 0.4) is 0 Å². The highest BCUT2D eigenvalue weighted by Crippen LogP contribution is 2.15. The molecule has 1 aromatic heterocycles. The molecule has 3 rings (SSSR count). The lowest BCUT2D eigenvalue weighted by molar-refractivity contribution is -0.394. The zero-order chi connectivity index (χ0) is 13.5. The van der Waals surface area contributed by atoms with Crippen LogP contribution in [-0.4, -0.2) is 50.5 Å². The van der Waals surface area contributed by atoms with E-state index in [0.717, 1.165) is 12.9 Å². The summed E-state index contributed by atoms with van der Waals surface area (Å²) in [6, 6.07) is 0. The molecule has 19 heavy (non-hydrogen) atoms. The standard InChI is InChI=1S/C9H16N2.C2H2N4O2/c1-2-5-9-10-6-4-8-11(9)7-3-1;7-6(8)2-3-1-4-5-2/h1-8H2;1H,(H,3,4,5). The Kier molecular flexibility index (Phi) is 4.82. The Morgan fingerprint density at radius 3 is 2.79 bits per heavy atom. The normalized spacial score (nSPS) is 18.5. The zero-order valence-corrected chi connectivity index (χ0v) is 10.8. The number of rotatable bonds is 1. The molecule has 0 aliphatic carbocycles. The van der Waals surface area contributed by atoms with E-state index in [9.17, 15) is 10.1 Å². The summed E-state index contributed by atoms with van der Waals surface area (Å²) >= 11 is 0. The molecular formula is C11H18N6O2. The van der Waals surface area contributed by atoms with Gasteiger partial charge in [0.25, 0.3) is 0 Å². The average molecular weight is 266 g/mol. The maximum absolute atomic E-state index is 9.73. The van der Waals surface area contributed by atoms with E-state index < -0.39 is 4.92 Å². The lowest BCUT2D eigenvalue weighted by atomic mass is 10.2. The second-order valence-corrected chi connectivity index (χ2v) is 4.52. The van der Waals surface area contributed by atoms with Crippen molar-refractivity contribution in [1.29, 1.82) is 0 Å². The van der Waals surface area contributed by atoms with E-state index in [1.54, 1.807) is 0 Å². The summed E-state index contributed by atoms with van der Waals surface area (Å²) in [4.78, 5) is 19.4. The lowest BCUT2D eigenvalue weighted by Crippen LogP contribution is -2.34. The van der Waals surface area contributed by atoms with Crippen molar-refractivity contribution in [3.63, 3.8) is 0 Å². The van der Waals surface area contributed by atoms with E-state index >= 15 is 0 Å². The third-order valence-electron chi connectivity index (χ3n) is 3.15. The first-order chi connectivity index (χ1) is 9.27. The van der Waals surface area contributed by atoms with Crippen molar-refractivity contribution in [1.82, 2.24) is 20.1 Å². The van der Waals surface area contributed by atoms with Gasteiger partial charge in [-0.25, -0.2) is 0 Å². The van der Waals surface area contributed by atoms with Gasteiger partial charge in [0.2, 0.25) is 6.33 Å². The molecule has 0 radical (unpaired) electrons. The largest absolute Gasteiger partial charge is 0.453 e. The first-order valence-electron chi connectivity index (χ1n) is 6.55. The fourth-order valence-corrected chi connectivity index (χ4v) is 2.23. The minimum atomic E-state index is -0.646. The third-order valence-corrected chi connectivity index (χ3v) is 3.15. The van der Waals surface area contributed by atoms with Gasteiger partial charge < -0.3 is 15.0 Å². The van der Waals surface area contributed by atoms with Gasteiger partial charge in [-0.2, -0.15) is 0 Å². The molecule has 1 fully saturated rings. The molecule has 1 aromatic rings. The van der Waals surface area contributed by atoms with Crippen LogP contribution in [0.5, 0.6) is 0 Å². The number of nitrogens with one attached hydrogen (secondary N) is 1. The van der Waals surface area contributed by atoms with Gasteiger partial charge in [-0.1, -0.05) is 16.5 Å². The Bertz CT molecular complexity index is 430. The van der Waals surface area contributed by atoms with Crippen LogP contribution in [0.4, 0.5) is 5.95 Å². The third kappa shape index (κ3) is 4.01. The van der Waals surface area contributed by atoms with Gasteiger partial charge in [0, 0.05) is 26.1 Å². The van der Waals surface area contributed by atoms with E-state index in [0.29, 0.717) is 0 Å². The number of hydrogen-bond acceptors (Lipinski definition) is 6. The highest BCUT2D eigenvalue weighted by molar-refractivity contribution is 5.83. The Morgan fingerprint density at radius 2 is 2.11 bits per heavy atom. The average Bonchev–Trinajstić information content (AvgIpc) is 2.85. The molecule has 1 saturated heterocycles. The molecule has 0 spiro atoms. The number of aliphatic imine (C=N–C) groups is 1. The molecule has 2 aliphatic rings. The molecule has 0 bridgehead atoms. The molecule has 0 saturated carbocycles. The van der Waals surface area contributed by atoms with Gasteiger partial charge >= 0.3 is 5.95 Å². The summed E-state index contributed by atoms with van der Waals surface area (Å²) in [5.74, 6) is 1.07. The van der Waals surface area contributed by atoms with Crippen molar-refractivity contribution in [3.8, 4) is 0 Å². The maximum Gasteiger partial charge on any atom is 0.453 e. The number of nitrogens with zero attached hydrogens (tertiary/aromatic N) is 5. The minimum Gasteiger partial charge on any atom is -0.390 e. The number of amidine groups is 1. The maximum atomic E-state index is 9.73. The Labute approximate surface area is 111 Å². The van der Waals surface area contributed by atoms with E-state index in [2.05, 4.69) is 25.1 Å². The van der Waals surface area contributed by atoms with Crippen molar-refractivity contribution in [3.05, 3.63) is 16.4 Å². The van der Waals surface area contributed by atoms with E-state index in [1.807, 2.05) is 0 Å². The summed E-state index contributed by atoms with van der Waals surface area (Å²) in [6.07, 6.45) is 7.71. The Balaban J connectivity index is 0.000000148. The van der Waals surface area contributed by atoms with Gasteiger partial charge in [-0.05, 0) is 24.2 Å². The van der Waals surface area contributed by atoms with Crippen molar-refractivity contribution < 1.29 is 4.92 Å². The van der Waals surface area contributed by atoms with Gasteiger partial charge in [0.1, 0.15) is 0 Å². The minimum absolute atomic E-state index is 0.329. The van der Waals surface area contributed by atoms with Crippen LogP contribution >= 0.6 is 0 Å². The van der Waals surface area contributed by atoms with E-state index in [-0.39, 0.29) is 5.95 Å². The first kappa shape index (κ1) is 13.4. The number of fused-ring (bicyclic) bond motifs is 1. The SMILES string of the molecule is C1CCC2=NCCCN2CC1.O=[N+]([O-])c1ncn[nH]1. The number of hydrogen-bond donors (Lipinski definition) is 1. The molecule has 3 heterocycles. The number of H-pyrrole nitrogens is 1. The highest BCUT2D eigenvalue weighted by Gasteiger charge is 2.16. The monoisotopic (exact) mass is 266 g/mol. The molecule has 0 unspecified atom stereocenters. The summed E-state index contributed by atoms with van der Waals surface area (Å²) in [5, 5.41) is 15.1. The molecule has 8 heteroatoms. The van der Waals surface area contributed by atoms with Gasteiger partial charge in [-0.3, -0.25) is 4.99 Å². The first-order valence-corrected chi connectivity index (χ1v) is 6.55. The van der Waals surface area contributed by atoms with Crippen LogP contribution in [0.25, 0.3) is 0 Å². The number of nitro groups is 1. The Morgan fingerprint density at radius 1 is 1.26 bits per heavy atom. The fraction of sp³-hybridized carbons (Fsp3) is 0.727. The summed E-state index contributed by atoms with van der Waals surface area (Å²) in [7, 11) is 0. The molecule has 0 aromatic carbocycles. The molecule has 8 nitrogen and oxygen atoms in total. The second kappa shape index (κ2) is 6.81. The van der Waals surface area contributed by atoms with Gasteiger partial charge in [0.15, 0.2) is 0 Å². The second-order valence-electron chi connectivity index (χ2n) is 4.52. The summed E-state index contributed by atoms with van der Waals surface area (Å²) in [6.45, 7) is 3.60. The zero-order valence-electron chi connectivity index (χ0n) is 10.8. The van der Waals surface area contributed by atoms with Crippen LogP contribution in [0.1, 0.15) is 32.1 Å². The number of aromatic amines is 1. The van der Waals surface area contributed by atoms with Crippen LogP contribution in [0.15, 0.2) is 11.3 Å². The lowest BCUT2D eigenvalue weighted by Gasteiger charge is -2.27. The fourth-order valence-electron chi connectivity index (χ4n) is 2.23. The quantitative estimate of drug-likeness (QED) is 0.611. The number of aromatic nitrogens is 3. The molecule has 0 amide bonds. The predicted octanol–water partition coefficient (Wildman–Crippen LogP) is 1.38. The summed E-state index contributed by atoms with van der Waals surface area (Å²) in [5.41, 5.74) is 0. The van der Waals surface area contributed by atoms with Crippen molar-refractivity contribution in [2.75, 3.05) is 19.6 Å². The molecular weight excluding hydrogens is 248 g/mol. The predicted molar refractivity (Wildman–Crippen MR) is 70.0 cm³/mol. The van der Waals surface area contributed by atoms with Crippen LogP contribution in [-0.2, 0) is 0 Å². The van der Waals surface area contributed by atoms with Crippen LogP contribution in [0, 0.1) is 10.1 Å². The highest BCUT2D eigenvalue weighted by atomic mass is 16.6. The van der Waals surface area contributed by atoms with Crippen molar-refractivity contribution in [2.24, 2.45) is 4.99 Å². The van der Waals surface area contributed by atoms with Gasteiger partial charge in [0.05, 0.1) is 5.84 Å². The van der Waals surface area contributed by atoms with Crippen LogP contribution in [0.2, 0.25) is 0 Å². The molecule has 1 N–H and O–H groups in total. The molecule has 0 atom stereocenters. The van der Waals surface area contributed by atoms with Gasteiger partial charge in [-0.15, -0.1) is 5.10 Å². The summed E-state index contributed by atoms with van der Waals surface area (Å²) < 4.78 is 0. The Hall–Kier alpha value is -1.99. The smallest absolute Gasteiger partial charge is 0.390 e. The molecule has 2 aliphatic heterocycles. The van der Waals surface area contributed by atoms with Crippen LogP contribution < -0.4 is 0 Å². The molecule has 104 valence electrons. The van der Waals surface area contributed by atoms with E-state index in [4.69, 9.17) is 0 Å². The van der Waals surface area contributed by atoms with Crippen molar-refractivity contribution >= 4 is 11.8 Å². The topological polar surface area (TPSA) is 100 Å². The van der Waals surface area contributed by atoms with E-state index in [1.165, 1.54) is 51.0 Å². The van der Waals surface area contributed by atoms with Crippen molar-refractivity contribution in [2.45, 2.75) is 32.1 Å².